The van der Waals surface area contributed by atoms with Gasteiger partial charge in [0.1, 0.15) is 5.82 Å². The molecule has 0 saturated heterocycles. The Labute approximate surface area is 110 Å². The van der Waals surface area contributed by atoms with Crippen LogP contribution in [0, 0.1) is 0 Å². The van der Waals surface area contributed by atoms with E-state index in [2.05, 4.69) is 37.6 Å². The molecule has 0 aliphatic carbocycles. The zero-order chi connectivity index (χ0) is 13.8. The van der Waals surface area contributed by atoms with Gasteiger partial charge in [-0.05, 0) is 45.0 Å². The first-order valence-corrected chi connectivity index (χ1v) is 6.63. The van der Waals surface area contributed by atoms with Gasteiger partial charge < -0.3 is 11.5 Å². The quantitative estimate of drug-likeness (QED) is 0.805. The van der Waals surface area contributed by atoms with E-state index in [1.807, 2.05) is 12.1 Å². The number of nitrogens with zero attached hydrogens (tertiary/aromatic N) is 2. The van der Waals surface area contributed by atoms with Crippen molar-refractivity contribution in [2.24, 2.45) is 5.73 Å². The Kier molecular flexibility index (Phi) is 5.11. The van der Waals surface area contributed by atoms with Crippen LogP contribution in [-0.4, -0.2) is 34.6 Å². The molecule has 102 valence electrons. The van der Waals surface area contributed by atoms with Crippen molar-refractivity contribution >= 4 is 5.82 Å². The molecule has 0 radical (unpaired) electrons. The smallest absolute Gasteiger partial charge is 0.126 e. The summed E-state index contributed by atoms with van der Waals surface area (Å²) >= 11 is 0. The minimum absolute atomic E-state index is 0.0314. The molecular formula is C14H26N4. The van der Waals surface area contributed by atoms with Crippen LogP contribution in [0.4, 0.5) is 5.82 Å². The number of nitrogen functional groups attached to an aromatic ring is 1. The molecule has 1 rings (SSSR count). The third kappa shape index (κ3) is 3.21. The second kappa shape index (κ2) is 6.16. The maximum absolute atomic E-state index is 6.38. The summed E-state index contributed by atoms with van der Waals surface area (Å²) in [6.07, 6.45) is 2.46. The van der Waals surface area contributed by atoms with Crippen molar-refractivity contribution < 1.29 is 0 Å². The largest absolute Gasteiger partial charge is 0.383 e. The lowest BCUT2D eigenvalue weighted by Gasteiger charge is -2.42. The van der Waals surface area contributed by atoms with E-state index < -0.39 is 0 Å². The monoisotopic (exact) mass is 250 g/mol. The van der Waals surface area contributed by atoms with E-state index in [1.54, 1.807) is 6.20 Å². The molecule has 4 heteroatoms. The molecule has 0 aliphatic heterocycles. The Morgan fingerprint density at radius 3 is 2.44 bits per heavy atom. The Morgan fingerprint density at radius 2 is 1.94 bits per heavy atom. The van der Waals surface area contributed by atoms with Crippen molar-refractivity contribution in [3.8, 4) is 0 Å². The van der Waals surface area contributed by atoms with Gasteiger partial charge in [-0.15, -0.1) is 0 Å². The van der Waals surface area contributed by atoms with Gasteiger partial charge in [0.05, 0.1) is 0 Å². The molecule has 0 fully saturated rings. The highest BCUT2D eigenvalue weighted by molar-refractivity contribution is 5.39. The standard InChI is InChI=1S/C14H26N4/c1-5-18(6-2)14(3,4)12(15)10-11-8-7-9-17-13(11)16/h7-9,12H,5-6,10,15H2,1-4H3,(H2,16,17). The lowest BCUT2D eigenvalue weighted by atomic mass is 9.88. The molecule has 1 heterocycles. The number of anilines is 1. The summed E-state index contributed by atoms with van der Waals surface area (Å²) in [7, 11) is 0. The number of hydrogen-bond donors (Lipinski definition) is 2. The summed E-state index contributed by atoms with van der Waals surface area (Å²) in [5.74, 6) is 0.586. The Balaban J connectivity index is 2.81. The molecule has 0 aliphatic rings. The molecule has 1 aromatic heterocycles. The maximum atomic E-state index is 6.38. The zero-order valence-electron chi connectivity index (χ0n) is 12.0. The second-order valence-corrected chi connectivity index (χ2v) is 5.18. The highest BCUT2D eigenvalue weighted by Crippen LogP contribution is 2.21. The van der Waals surface area contributed by atoms with Gasteiger partial charge >= 0.3 is 0 Å². The van der Waals surface area contributed by atoms with Crippen molar-refractivity contribution in [1.29, 1.82) is 0 Å². The minimum atomic E-state index is -0.0498. The Bertz CT molecular complexity index is 372. The summed E-state index contributed by atoms with van der Waals surface area (Å²) in [6, 6.07) is 3.94. The highest BCUT2D eigenvalue weighted by atomic mass is 15.2. The van der Waals surface area contributed by atoms with Gasteiger partial charge in [0.15, 0.2) is 0 Å². The molecule has 18 heavy (non-hydrogen) atoms. The zero-order valence-corrected chi connectivity index (χ0v) is 12.0. The molecule has 1 unspecified atom stereocenters. The maximum Gasteiger partial charge on any atom is 0.126 e. The molecule has 0 saturated carbocycles. The third-order valence-electron chi connectivity index (χ3n) is 3.85. The second-order valence-electron chi connectivity index (χ2n) is 5.18. The van der Waals surface area contributed by atoms with E-state index in [-0.39, 0.29) is 11.6 Å². The van der Waals surface area contributed by atoms with Crippen molar-refractivity contribution in [3.63, 3.8) is 0 Å². The SMILES string of the molecule is CCN(CC)C(C)(C)C(N)Cc1cccnc1N. The van der Waals surface area contributed by atoms with Gasteiger partial charge in [-0.1, -0.05) is 19.9 Å². The molecule has 0 bridgehead atoms. The van der Waals surface area contributed by atoms with Gasteiger partial charge in [-0.25, -0.2) is 4.98 Å². The van der Waals surface area contributed by atoms with Gasteiger partial charge in [0, 0.05) is 17.8 Å². The van der Waals surface area contributed by atoms with Crippen LogP contribution in [0.3, 0.4) is 0 Å². The van der Waals surface area contributed by atoms with Gasteiger partial charge in [-0.2, -0.15) is 0 Å². The fourth-order valence-electron chi connectivity index (χ4n) is 2.38. The van der Waals surface area contributed by atoms with Crippen molar-refractivity contribution in [1.82, 2.24) is 9.88 Å². The number of rotatable bonds is 6. The normalized spacial score (nSPS) is 13.9. The predicted octanol–water partition coefficient (Wildman–Crippen LogP) is 1.65. The number of hydrogen-bond acceptors (Lipinski definition) is 4. The van der Waals surface area contributed by atoms with E-state index in [9.17, 15) is 0 Å². The van der Waals surface area contributed by atoms with Crippen LogP contribution in [0.15, 0.2) is 18.3 Å². The van der Waals surface area contributed by atoms with E-state index in [4.69, 9.17) is 11.5 Å². The van der Waals surface area contributed by atoms with Gasteiger partial charge in [-0.3, -0.25) is 4.90 Å². The molecule has 1 atom stereocenters. The molecule has 0 aromatic carbocycles. The summed E-state index contributed by atoms with van der Waals surface area (Å²) < 4.78 is 0. The fraction of sp³-hybridized carbons (Fsp3) is 0.643. The van der Waals surface area contributed by atoms with Crippen LogP contribution in [-0.2, 0) is 6.42 Å². The summed E-state index contributed by atoms with van der Waals surface area (Å²) in [5, 5.41) is 0. The highest BCUT2D eigenvalue weighted by Gasteiger charge is 2.31. The van der Waals surface area contributed by atoms with Crippen LogP contribution >= 0.6 is 0 Å². The first-order valence-electron chi connectivity index (χ1n) is 6.63. The molecular weight excluding hydrogens is 224 g/mol. The Morgan fingerprint density at radius 1 is 1.33 bits per heavy atom. The van der Waals surface area contributed by atoms with Crippen molar-refractivity contribution in [2.75, 3.05) is 18.8 Å². The van der Waals surface area contributed by atoms with E-state index in [0.29, 0.717) is 5.82 Å². The summed E-state index contributed by atoms with van der Waals surface area (Å²) in [4.78, 5) is 6.49. The van der Waals surface area contributed by atoms with Crippen LogP contribution in [0.2, 0.25) is 0 Å². The number of pyridine rings is 1. The topological polar surface area (TPSA) is 68.2 Å². The van der Waals surface area contributed by atoms with Gasteiger partial charge in [0.2, 0.25) is 0 Å². The molecule has 1 aromatic rings. The third-order valence-corrected chi connectivity index (χ3v) is 3.85. The first kappa shape index (κ1) is 14.9. The van der Waals surface area contributed by atoms with Crippen LogP contribution in [0.5, 0.6) is 0 Å². The Hall–Kier alpha value is -1.13. The predicted molar refractivity (Wildman–Crippen MR) is 77.3 cm³/mol. The van der Waals surface area contributed by atoms with Crippen molar-refractivity contribution in [3.05, 3.63) is 23.9 Å². The van der Waals surface area contributed by atoms with E-state index in [0.717, 1.165) is 25.1 Å². The molecule has 4 N–H and O–H groups in total. The summed E-state index contributed by atoms with van der Waals surface area (Å²) in [5.41, 5.74) is 13.2. The van der Waals surface area contributed by atoms with Crippen LogP contribution in [0.25, 0.3) is 0 Å². The number of aromatic nitrogens is 1. The van der Waals surface area contributed by atoms with E-state index in [1.165, 1.54) is 0 Å². The number of likely N-dealkylation sites (N-methyl/N-ethyl adjacent to an activating group) is 1. The average Bonchev–Trinajstić information content (AvgIpc) is 2.33. The van der Waals surface area contributed by atoms with E-state index >= 15 is 0 Å². The number of nitrogens with two attached hydrogens (primary N) is 2. The molecule has 4 nitrogen and oxygen atoms in total. The molecule has 0 amide bonds. The average molecular weight is 250 g/mol. The lowest BCUT2D eigenvalue weighted by Crippen LogP contribution is -2.56. The van der Waals surface area contributed by atoms with Crippen LogP contribution < -0.4 is 11.5 Å². The summed E-state index contributed by atoms with van der Waals surface area (Å²) in [6.45, 7) is 10.7. The first-order chi connectivity index (χ1) is 8.43. The van der Waals surface area contributed by atoms with Gasteiger partial charge in [0.25, 0.3) is 0 Å². The fourth-order valence-corrected chi connectivity index (χ4v) is 2.38. The van der Waals surface area contributed by atoms with Crippen molar-refractivity contribution in [2.45, 2.75) is 45.7 Å². The van der Waals surface area contributed by atoms with Crippen LogP contribution in [0.1, 0.15) is 33.3 Å². The molecule has 0 spiro atoms. The lowest BCUT2D eigenvalue weighted by molar-refractivity contribution is 0.106. The minimum Gasteiger partial charge on any atom is -0.383 e.